The first-order valence-electron chi connectivity index (χ1n) is 8.87. The number of piperazine rings is 1. The fourth-order valence-electron chi connectivity index (χ4n) is 4.11. The van der Waals surface area contributed by atoms with Gasteiger partial charge >= 0.3 is 0 Å². The highest BCUT2D eigenvalue weighted by atomic mass is 16.5. The van der Waals surface area contributed by atoms with Crippen molar-refractivity contribution in [1.82, 2.24) is 10.2 Å². The molecule has 2 heterocycles. The molecule has 1 N–H and O–H groups in total. The third kappa shape index (κ3) is 3.20. The lowest BCUT2D eigenvalue weighted by Crippen LogP contribution is -2.64. The first-order chi connectivity index (χ1) is 9.76. The fraction of sp³-hybridized carbons (Fsp3) is 1.00. The lowest BCUT2D eigenvalue weighted by Gasteiger charge is -2.48. The van der Waals surface area contributed by atoms with Crippen molar-refractivity contribution in [1.29, 1.82) is 0 Å². The molecule has 3 aliphatic rings. The Morgan fingerprint density at radius 3 is 2.60 bits per heavy atom. The summed E-state index contributed by atoms with van der Waals surface area (Å²) >= 11 is 0. The molecule has 0 spiro atoms. The standard InChI is InChI=1S/C17H32N2O/c1-3-17(4-2)13-19(10-9-15-6-5-11-20-15)16(12-18-17)14-7-8-14/h14-16,18H,3-13H2,1-2H3. The van der Waals surface area contributed by atoms with E-state index < -0.39 is 0 Å². The molecule has 1 aliphatic carbocycles. The fourth-order valence-corrected chi connectivity index (χ4v) is 4.11. The maximum absolute atomic E-state index is 5.82. The van der Waals surface area contributed by atoms with Crippen molar-refractivity contribution < 1.29 is 4.74 Å². The SMILES string of the molecule is CCC1(CC)CN(CCC2CCCO2)C(C2CC2)CN1. The van der Waals surface area contributed by atoms with E-state index in [0.29, 0.717) is 11.6 Å². The number of rotatable bonds is 6. The van der Waals surface area contributed by atoms with Crippen LogP contribution in [0, 0.1) is 5.92 Å². The summed E-state index contributed by atoms with van der Waals surface area (Å²) in [6, 6.07) is 0.794. The summed E-state index contributed by atoms with van der Waals surface area (Å²) in [6.45, 7) is 9.37. The Balaban J connectivity index is 1.59. The van der Waals surface area contributed by atoms with Gasteiger partial charge in [0.05, 0.1) is 6.10 Å². The third-order valence-corrected chi connectivity index (χ3v) is 5.94. The van der Waals surface area contributed by atoms with Gasteiger partial charge in [-0.2, -0.15) is 0 Å². The van der Waals surface area contributed by atoms with Crippen LogP contribution >= 0.6 is 0 Å². The monoisotopic (exact) mass is 280 g/mol. The van der Waals surface area contributed by atoms with Gasteiger partial charge in [-0.3, -0.25) is 4.90 Å². The first kappa shape index (κ1) is 14.8. The van der Waals surface area contributed by atoms with E-state index in [4.69, 9.17) is 4.74 Å². The van der Waals surface area contributed by atoms with Crippen molar-refractivity contribution in [3.8, 4) is 0 Å². The van der Waals surface area contributed by atoms with E-state index in [1.807, 2.05) is 0 Å². The lowest BCUT2D eigenvalue weighted by molar-refractivity contribution is 0.0390. The molecule has 3 nitrogen and oxygen atoms in total. The quantitative estimate of drug-likeness (QED) is 0.810. The second-order valence-corrected chi connectivity index (χ2v) is 7.17. The van der Waals surface area contributed by atoms with Crippen LogP contribution in [0.4, 0.5) is 0 Å². The van der Waals surface area contributed by atoms with Gasteiger partial charge in [-0.05, 0) is 50.9 Å². The number of nitrogens with one attached hydrogen (secondary N) is 1. The minimum atomic E-state index is 0.363. The highest BCUT2D eigenvalue weighted by molar-refractivity contribution is 5.01. The maximum Gasteiger partial charge on any atom is 0.0588 e. The number of hydrogen-bond acceptors (Lipinski definition) is 3. The molecule has 3 rings (SSSR count). The summed E-state index contributed by atoms with van der Waals surface area (Å²) in [6.07, 6.45) is 9.74. The van der Waals surface area contributed by atoms with Crippen LogP contribution in [-0.2, 0) is 4.74 Å². The van der Waals surface area contributed by atoms with Gasteiger partial charge in [0.1, 0.15) is 0 Å². The van der Waals surface area contributed by atoms with E-state index in [9.17, 15) is 0 Å². The molecule has 3 fully saturated rings. The van der Waals surface area contributed by atoms with E-state index in [0.717, 1.165) is 18.6 Å². The van der Waals surface area contributed by atoms with Gasteiger partial charge < -0.3 is 10.1 Å². The van der Waals surface area contributed by atoms with E-state index in [-0.39, 0.29) is 0 Å². The van der Waals surface area contributed by atoms with Crippen LogP contribution in [0.1, 0.15) is 58.8 Å². The van der Waals surface area contributed by atoms with E-state index in [2.05, 4.69) is 24.1 Å². The molecule has 0 amide bonds. The largest absolute Gasteiger partial charge is 0.378 e. The summed E-state index contributed by atoms with van der Waals surface area (Å²) < 4.78 is 5.82. The van der Waals surface area contributed by atoms with Crippen LogP contribution in [0.3, 0.4) is 0 Å². The zero-order valence-corrected chi connectivity index (χ0v) is 13.4. The van der Waals surface area contributed by atoms with Crippen LogP contribution in [0.25, 0.3) is 0 Å². The Kier molecular flexibility index (Phi) is 4.68. The van der Waals surface area contributed by atoms with Gasteiger partial charge in [0.25, 0.3) is 0 Å². The summed E-state index contributed by atoms with van der Waals surface area (Å²) in [4.78, 5) is 2.81. The van der Waals surface area contributed by atoms with Crippen molar-refractivity contribution in [3.63, 3.8) is 0 Å². The Bertz CT molecular complexity index is 306. The van der Waals surface area contributed by atoms with Gasteiger partial charge in [0.15, 0.2) is 0 Å². The molecular formula is C17H32N2O. The molecular weight excluding hydrogens is 248 g/mol. The Hall–Kier alpha value is -0.120. The minimum absolute atomic E-state index is 0.363. The predicted molar refractivity (Wildman–Crippen MR) is 83.0 cm³/mol. The number of nitrogens with zero attached hydrogens (tertiary/aromatic N) is 1. The lowest BCUT2D eigenvalue weighted by atomic mass is 9.87. The van der Waals surface area contributed by atoms with Gasteiger partial charge in [-0.1, -0.05) is 13.8 Å². The van der Waals surface area contributed by atoms with Gasteiger partial charge in [-0.25, -0.2) is 0 Å². The second kappa shape index (κ2) is 6.33. The summed E-state index contributed by atoms with van der Waals surface area (Å²) in [5, 5.41) is 3.89. The Morgan fingerprint density at radius 1 is 1.20 bits per heavy atom. The van der Waals surface area contributed by atoms with E-state index in [1.165, 1.54) is 64.6 Å². The molecule has 0 aromatic rings. The summed E-state index contributed by atoms with van der Waals surface area (Å²) in [5.74, 6) is 0.971. The molecule has 1 saturated carbocycles. The van der Waals surface area contributed by atoms with Gasteiger partial charge in [-0.15, -0.1) is 0 Å². The smallest absolute Gasteiger partial charge is 0.0588 e. The molecule has 3 heteroatoms. The van der Waals surface area contributed by atoms with Crippen molar-refractivity contribution in [3.05, 3.63) is 0 Å². The highest BCUT2D eigenvalue weighted by Gasteiger charge is 2.42. The van der Waals surface area contributed by atoms with E-state index >= 15 is 0 Å². The normalized spacial score (nSPS) is 34.5. The molecule has 0 aromatic heterocycles. The van der Waals surface area contributed by atoms with Crippen molar-refractivity contribution in [2.75, 3.05) is 26.2 Å². The predicted octanol–water partition coefficient (Wildman–Crippen LogP) is 2.80. The minimum Gasteiger partial charge on any atom is -0.378 e. The zero-order valence-electron chi connectivity index (χ0n) is 13.4. The highest BCUT2D eigenvalue weighted by Crippen LogP contribution is 2.38. The van der Waals surface area contributed by atoms with Gasteiger partial charge in [0, 0.05) is 37.8 Å². The van der Waals surface area contributed by atoms with Crippen LogP contribution in [0.15, 0.2) is 0 Å². The molecule has 0 bridgehead atoms. The number of hydrogen-bond donors (Lipinski definition) is 1. The molecule has 0 aromatic carbocycles. The Morgan fingerprint density at radius 2 is 2.00 bits per heavy atom. The molecule has 116 valence electrons. The Labute approximate surface area is 124 Å². The summed E-state index contributed by atoms with van der Waals surface area (Å²) in [7, 11) is 0. The van der Waals surface area contributed by atoms with Gasteiger partial charge in [0.2, 0.25) is 0 Å². The van der Waals surface area contributed by atoms with Crippen LogP contribution < -0.4 is 5.32 Å². The molecule has 2 unspecified atom stereocenters. The average molecular weight is 280 g/mol. The van der Waals surface area contributed by atoms with E-state index in [1.54, 1.807) is 0 Å². The molecule has 0 radical (unpaired) electrons. The molecule has 2 aliphatic heterocycles. The first-order valence-corrected chi connectivity index (χ1v) is 8.87. The maximum atomic E-state index is 5.82. The van der Waals surface area contributed by atoms with Crippen LogP contribution in [0.5, 0.6) is 0 Å². The third-order valence-electron chi connectivity index (χ3n) is 5.94. The molecule has 2 saturated heterocycles. The van der Waals surface area contributed by atoms with Crippen molar-refractivity contribution in [2.24, 2.45) is 5.92 Å². The molecule has 20 heavy (non-hydrogen) atoms. The molecule has 2 atom stereocenters. The van der Waals surface area contributed by atoms with Crippen molar-refractivity contribution in [2.45, 2.75) is 76.5 Å². The van der Waals surface area contributed by atoms with Crippen LogP contribution in [-0.4, -0.2) is 48.8 Å². The summed E-state index contributed by atoms with van der Waals surface area (Å²) in [5.41, 5.74) is 0.363. The zero-order chi connectivity index (χ0) is 14.0. The van der Waals surface area contributed by atoms with Crippen molar-refractivity contribution >= 4 is 0 Å². The number of ether oxygens (including phenoxy) is 1. The second-order valence-electron chi connectivity index (χ2n) is 7.17. The topological polar surface area (TPSA) is 24.5 Å². The average Bonchev–Trinajstić information content (AvgIpc) is 3.20. The van der Waals surface area contributed by atoms with Crippen LogP contribution in [0.2, 0.25) is 0 Å².